The van der Waals surface area contributed by atoms with Crippen LogP contribution >= 0.6 is 0 Å². The van der Waals surface area contributed by atoms with Crippen molar-refractivity contribution in [1.29, 1.82) is 0 Å². The van der Waals surface area contributed by atoms with Gasteiger partial charge in [-0.1, -0.05) is 31.9 Å². The highest BCUT2D eigenvalue weighted by atomic mass is 16.1. The summed E-state index contributed by atoms with van der Waals surface area (Å²) in [6, 6.07) is 11.3. The molecule has 2 rings (SSSR count). The summed E-state index contributed by atoms with van der Waals surface area (Å²) in [4.78, 5) is 16.5. The summed E-state index contributed by atoms with van der Waals surface area (Å²) in [6.45, 7) is 5.05. The topological polar surface area (TPSA) is 54.0 Å². The number of pyridine rings is 1. The van der Waals surface area contributed by atoms with Crippen LogP contribution in [0.4, 0.5) is 11.5 Å². The predicted molar refractivity (Wildman–Crippen MR) is 91.4 cm³/mol. The molecule has 0 atom stereocenters. The minimum atomic E-state index is -0.121. The molecule has 0 unspecified atom stereocenters. The van der Waals surface area contributed by atoms with Crippen LogP contribution < -0.4 is 10.6 Å². The minimum absolute atomic E-state index is 0.121. The number of nitrogens with one attached hydrogen (secondary N) is 2. The van der Waals surface area contributed by atoms with E-state index in [4.69, 9.17) is 0 Å². The lowest BCUT2D eigenvalue weighted by Gasteiger charge is -2.08. The molecule has 0 spiro atoms. The summed E-state index contributed by atoms with van der Waals surface area (Å²) in [5.74, 6) is 0.623. The van der Waals surface area contributed by atoms with E-state index >= 15 is 0 Å². The van der Waals surface area contributed by atoms with Gasteiger partial charge in [-0.15, -0.1) is 0 Å². The molecule has 0 aliphatic carbocycles. The van der Waals surface area contributed by atoms with Gasteiger partial charge in [0.15, 0.2) is 0 Å². The van der Waals surface area contributed by atoms with Gasteiger partial charge in [-0.25, -0.2) is 4.98 Å². The third-order valence-corrected chi connectivity index (χ3v) is 3.38. The first-order valence-electron chi connectivity index (χ1n) is 7.77. The highest BCUT2D eigenvalue weighted by molar-refractivity contribution is 6.04. The molecule has 4 heteroatoms. The average molecular weight is 297 g/mol. The van der Waals surface area contributed by atoms with Crippen LogP contribution in [-0.4, -0.2) is 17.4 Å². The maximum atomic E-state index is 12.3. The molecule has 2 N–H and O–H groups in total. The van der Waals surface area contributed by atoms with Crippen LogP contribution in [0.2, 0.25) is 0 Å². The summed E-state index contributed by atoms with van der Waals surface area (Å²) in [5, 5.41) is 6.16. The van der Waals surface area contributed by atoms with Crippen LogP contribution in [0, 0.1) is 6.92 Å². The molecule has 0 saturated carbocycles. The second-order valence-electron chi connectivity index (χ2n) is 5.39. The fourth-order valence-electron chi connectivity index (χ4n) is 2.19. The number of carbonyl (C=O) groups is 1. The van der Waals surface area contributed by atoms with Gasteiger partial charge < -0.3 is 10.6 Å². The van der Waals surface area contributed by atoms with Crippen molar-refractivity contribution in [2.75, 3.05) is 17.2 Å². The van der Waals surface area contributed by atoms with Crippen LogP contribution in [-0.2, 0) is 0 Å². The van der Waals surface area contributed by atoms with Gasteiger partial charge in [0.1, 0.15) is 5.82 Å². The van der Waals surface area contributed by atoms with Gasteiger partial charge in [0.05, 0.1) is 0 Å². The van der Waals surface area contributed by atoms with Crippen LogP contribution in [0.25, 0.3) is 0 Å². The number of rotatable bonds is 7. The van der Waals surface area contributed by atoms with Crippen molar-refractivity contribution in [3.05, 3.63) is 53.7 Å². The molecule has 1 aromatic carbocycles. The Labute approximate surface area is 132 Å². The normalized spacial score (nSPS) is 10.3. The van der Waals surface area contributed by atoms with E-state index in [0.717, 1.165) is 30.0 Å². The predicted octanol–water partition coefficient (Wildman–Crippen LogP) is 4.24. The number of aryl methyl sites for hydroxylation is 1. The monoisotopic (exact) mass is 297 g/mol. The lowest BCUT2D eigenvalue weighted by atomic mass is 10.2. The highest BCUT2D eigenvalue weighted by Gasteiger charge is 2.07. The van der Waals surface area contributed by atoms with Crippen molar-refractivity contribution in [3.63, 3.8) is 0 Å². The van der Waals surface area contributed by atoms with Gasteiger partial charge in [0.25, 0.3) is 5.91 Å². The number of amides is 1. The van der Waals surface area contributed by atoms with E-state index < -0.39 is 0 Å². The fourth-order valence-corrected chi connectivity index (χ4v) is 2.19. The van der Waals surface area contributed by atoms with E-state index in [1.54, 1.807) is 18.3 Å². The maximum absolute atomic E-state index is 12.3. The largest absolute Gasteiger partial charge is 0.370 e. The Hall–Kier alpha value is -2.36. The van der Waals surface area contributed by atoms with Gasteiger partial charge in [-0.2, -0.15) is 0 Å². The first kappa shape index (κ1) is 16.0. The van der Waals surface area contributed by atoms with Crippen molar-refractivity contribution in [3.8, 4) is 0 Å². The number of hydrogen-bond donors (Lipinski definition) is 2. The zero-order chi connectivity index (χ0) is 15.8. The second-order valence-corrected chi connectivity index (χ2v) is 5.39. The van der Waals surface area contributed by atoms with Gasteiger partial charge in [0.2, 0.25) is 0 Å². The number of carbonyl (C=O) groups excluding carboxylic acids is 1. The Morgan fingerprint density at radius 1 is 1.18 bits per heavy atom. The molecule has 0 saturated heterocycles. The number of benzene rings is 1. The van der Waals surface area contributed by atoms with Crippen LogP contribution in [0.15, 0.2) is 42.6 Å². The molecule has 0 bridgehead atoms. The quantitative estimate of drug-likeness (QED) is 0.751. The van der Waals surface area contributed by atoms with Gasteiger partial charge in [-0.3, -0.25) is 4.79 Å². The number of nitrogens with zero attached hydrogens (tertiary/aromatic N) is 1. The molecule has 116 valence electrons. The summed E-state index contributed by atoms with van der Waals surface area (Å²) in [6.07, 6.45) is 5.15. The smallest absolute Gasteiger partial charge is 0.255 e. The van der Waals surface area contributed by atoms with Crippen LogP contribution in [0.5, 0.6) is 0 Å². The van der Waals surface area contributed by atoms with Gasteiger partial charge >= 0.3 is 0 Å². The molecule has 22 heavy (non-hydrogen) atoms. The molecule has 0 aliphatic rings. The number of aromatic nitrogens is 1. The Morgan fingerprint density at radius 2 is 2.05 bits per heavy atom. The molecule has 1 aromatic heterocycles. The molecule has 1 heterocycles. The molecule has 1 amide bonds. The van der Waals surface area contributed by atoms with E-state index in [2.05, 4.69) is 22.5 Å². The fraction of sp³-hybridized carbons (Fsp3) is 0.333. The first-order chi connectivity index (χ1) is 10.7. The van der Waals surface area contributed by atoms with Crippen molar-refractivity contribution in [1.82, 2.24) is 4.98 Å². The van der Waals surface area contributed by atoms with Crippen molar-refractivity contribution >= 4 is 17.4 Å². The molecule has 0 fully saturated rings. The SMILES string of the molecule is CCCCCNc1cc(C(=O)Nc2cccc(C)c2)ccn1. The van der Waals surface area contributed by atoms with E-state index in [0.29, 0.717) is 5.56 Å². The van der Waals surface area contributed by atoms with E-state index in [1.165, 1.54) is 12.8 Å². The molecule has 0 aliphatic heterocycles. The Kier molecular flexibility index (Phi) is 5.95. The highest BCUT2D eigenvalue weighted by Crippen LogP contribution is 2.13. The zero-order valence-electron chi connectivity index (χ0n) is 13.2. The third-order valence-electron chi connectivity index (χ3n) is 3.38. The number of anilines is 2. The zero-order valence-corrected chi connectivity index (χ0v) is 13.2. The molecule has 2 aromatic rings. The standard InChI is InChI=1S/C18H23N3O/c1-3-4-5-10-19-17-13-15(9-11-20-17)18(22)21-16-8-6-7-14(2)12-16/h6-9,11-13H,3-5,10H2,1-2H3,(H,19,20)(H,21,22). The second kappa shape index (κ2) is 8.17. The minimum Gasteiger partial charge on any atom is -0.370 e. The summed E-state index contributed by atoms with van der Waals surface area (Å²) >= 11 is 0. The van der Waals surface area contributed by atoms with E-state index in [9.17, 15) is 4.79 Å². The Bertz CT molecular complexity index is 625. The number of hydrogen-bond acceptors (Lipinski definition) is 3. The van der Waals surface area contributed by atoms with E-state index in [-0.39, 0.29) is 5.91 Å². The third kappa shape index (κ3) is 4.88. The maximum Gasteiger partial charge on any atom is 0.255 e. The van der Waals surface area contributed by atoms with Crippen LogP contribution in [0.1, 0.15) is 42.1 Å². The Balaban J connectivity index is 1.97. The van der Waals surface area contributed by atoms with Gasteiger partial charge in [-0.05, 0) is 43.2 Å². The molecule has 4 nitrogen and oxygen atoms in total. The lowest BCUT2D eigenvalue weighted by molar-refractivity contribution is 0.102. The van der Waals surface area contributed by atoms with Crippen LogP contribution in [0.3, 0.4) is 0 Å². The summed E-state index contributed by atoms with van der Waals surface area (Å²) in [5.41, 5.74) is 2.53. The molecular formula is C18H23N3O. The molecular weight excluding hydrogens is 274 g/mol. The average Bonchev–Trinajstić information content (AvgIpc) is 2.52. The van der Waals surface area contributed by atoms with Crippen molar-refractivity contribution < 1.29 is 4.79 Å². The van der Waals surface area contributed by atoms with Crippen molar-refractivity contribution in [2.45, 2.75) is 33.1 Å². The molecule has 0 radical (unpaired) electrons. The number of unbranched alkanes of at least 4 members (excludes halogenated alkanes) is 2. The first-order valence-corrected chi connectivity index (χ1v) is 7.77. The lowest BCUT2D eigenvalue weighted by Crippen LogP contribution is -2.13. The van der Waals surface area contributed by atoms with E-state index in [1.807, 2.05) is 31.2 Å². The summed E-state index contributed by atoms with van der Waals surface area (Å²) < 4.78 is 0. The summed E-state index contributed by atoms with van der Waals surface area (Å²) in [7, 11) is 0. The van der Waals surface area contributed by atoms with Gasteiger partial charge in [0, 0.05) is 24.0 Å². The van der Waals surface area contributed by atoms with Crippen molar-refractivity contribution in [2.24, 2.45) is 0 Å². The Morgan fingerprint density at radius 3 is 2.82 bits per heavy atom.